The largest absolute Gasteiger partial charge is 0.545 e. The lowest BCUT2D eigenvalue weighted by molar-refractivity contribution is -0.870. The number of unbranched alkanes of at least 4 members (excludes halogenated alkanes) is 21. The normalized spacial score (nSPS) is 13.4. The van der Waals surface area contributed by atoms with Crippen molar-refractivity contribution in [3.63, 3.8) is 0 Å². The molecule has 0 aromatic carbocycles. The Labute approximate surface area is 405 Å². The molecule has 0 aliphatic heterocycles. The van der Waals surface area contributed by atoms with Gasteiger partial charge in [0.2, 0.25) is 0 Å². The van der Waals surface area contributed by atoms with E-state index in [4.69, 9.17) is 18.9 Å². The van der Waals surface area contributed by atoms with Gasteiger partial charge in [0.05, 0.1) is 40.3 Å². The predicted molar refractivity (Wildman–Crippen MR) is 274 cm³/mol. The highest BCUT2D eigenvalue weighted by Gasteiger charge is 2.22. The third kappa shape index (κ3) is 48.7. The van der Waals surface area contributed by atoms with Gasteiger partial charge in [0.1, 0.15) is 13.2 Å². The van der Waals surface area contributed by atoms with E-state index in [1.165, 1.54) is 83.5 Å². The van der Waals surface area contributed by atoms with E-state index in [0.717, 1.165) is 96.3 Å². The smallest absolute Gasteiger partial charge is 0.306 e. The number of carboxylic acids is 1. The zero-order chi connectivity index (χ0) is 48.4. The van der Waals surface area contributed by atoms with Gasteiger partial charge in [0.15, 0.2) is 12.4 Å². The fraction of sp³-hybridized carbons (Fsp3) is 0.737. The molecule has 0 aromatic heterocycles. The van der Waals surface area contributed by atoms with Crippen molar-refractivity contribution in [2.75, 3.05) is 47.5 Å². The lowest BCUT2D eigenvalue weighted by Gasteiger charge is -2.26. The maximum atomic E-state index is 12.8. The number of carboxylic acid groups (broad SMARTS) is 1. The number of quaternary nitrogens is 1. The Balaban J connectivity index is 4.35. The molecular formula is C57H99NO8. The minimum Gasteiger partial charge on any atom is -0.545 e. The van der Waals surface area contributed by atoms with Crippen LogP contribution in [0, 0.1) is 0 Å². The Hall–Kier alpha value is -3.27. The summed E-state index contributed by atoms with van der Waals surface area (Å²) in [7, 11) is 5.91. The molecule has 0 saturated carbocycles. The average molecular weight is 926 g/mol. The zero-order valence-corrected chi connectivity index (χ0v) is 43.0. The lowest BCUT2D eigenvalue weighted by atomic mass is 10.0. The van der Waals surface area contributed by atoms with E-state index in [0.29, 0.717) is 17.4 Å². The van der Waals surface area contributed by atoms with Gasteiger partial charge in [0.25, 0.3) is 0 Å². The summed E-state index contributed by atoms with van der Waals surface area (Å²) >= 11 is 0. The molecule has 0 aromatic rings. The first-order chi connectivity index (χ1) is 32.1. The van der Waals surface area contributed by atoms with Gasteiger partial charge >= 0.3 is 11.9 Å². The molecule has 66 heavy (non-hydrogen) atoms. The minimum atomic E-state index is -1.63. The third-order valence-corrected chi connectivity index (χ3v) is 11.2. The van der Waals surface area contributed by atoms with Gasteiger partial charge in [-0.1, -0.05) is 209 Å². The van der Waals surface area contributed by atoms with E-state index in [1.807, 2.05) is 21.1 Å². The van der Waals surface area contributed by atoms with E-state index in [-0.39, 0.29) is 38.6 Å². The van der Waals surface area contributed by atoms with Crippen LogP contribution in [0.2, 0.25) is 0 Å². The number of carbonyl (C=O) groups excluding carboxylic acids is 3. The van der Waals surface area contributed by atoms with Gasteiger partial charge < -0.3 is 33.3 Å². The number of rotatable bonds is 48. The number of aliphatic carboxylic acids is 1. The van der Waals surface area contributed by atoms with E-state index in [1.54, 1.807) is 0 Å². The molecule has 9 nitrogen and oxygen atoms in total. The van der Waals surface area contributed by atoms with E-state index in [2.05, 4.69) is 86.8 Å². The van der Waals surface area contributed by atoms with Crippen LogP contribution < -0.4 is 5.11 Å². The van der Waals surface area contributed by atoms with E-state index in [9.17, 15) is 19.5 Å². The van der Waals surface area contributed by atoms with Crippen molar-refractivity contribution in [2.24, 2.45) is 0 Å². The van der Waals surface area contributed by atoms with Crippen molar-refractivity contribution in [1.82, 2.24) is 0 Å². The monoisotopic (exact) mass is 926 g/mol. The van der Waals surface area contributed by atoms with Crippen LogP contribution in [-0.4, -0.2) is 82.3 Å². The van der Waals surface area contributed by atoms with E-state index < -0.39 is 24.3 Å². The van der Waals surface area contributed by atoms with Crippen LogP contribution in [0.15, 0.2) is 72.9 Å². The van der Waals surface area contributed by atoms with Gasteiger partial charge in [-0.15, -0.1) is 0 Å². The molecule has 0 aliphatic rings. The Morgan fingerprint density at radius 3 is 1.29 bits per heavy atom. The van der Waals surface area contributed by atoms with Gasteiger partial charge in [-0.3, -0.25) is 9.59 Å². The molecule has 2 unspecified atom stereocenters. The number of likely N-dealkylation sites (N-methyl/N-ethyl adjacent to an activating group) is 1. The number of hydrogen-bond donors (Lipinski definition) is 0. The average Bonchev–Trinajstić information content (AvgIpc) is 3.28. The van der Waals surface area contributed by atoms with Crippen LogP contribution in [0.4, 0.5) is 0 Å². The molecule has 9 heteroatoms. The zero-order valence-electron chi connectivity index (χ0n) is 43.0. The topological polar surface area (TPSA) is 111 Å². The highest BCUT2D eigenvalue weighted by molar-refractivity contribution is 5.70. The Morgan fingerprint density at radius 2 is 0.864 bits per heavy atom. The van der Waals surface area contributed by atoms with Crippen LogP contribution >= 0.6 is 0 Å². The first kappa shape index (κ1) is 62.7. The summed E-state index contributed by atoms with van der Waals surface area (Å²) in [4.78, 5) is 37.2. The second kappa shape index (κ2) is 48.2. The van der Waals surface area contributed by atoms with Gasteiger partial charge in [0, 0.05) is 12.8 Å². The molecular weight excluding hydrogens is 827 g/mol. The standard InChI is InChI=1S/C57H99NO8/c1-6-8-10-12-14-16-18-20-22-24-25-26-27-28-29-30-31-32-34-36-38-40-42-44-46-48-55(60)66-53(52-65-57(56(61)62)63-50-49-58(3,4)5)51-64-54(59)47-45-43-41-39-37-35-33-23-21-19-17-15-13-11-9-7-2/h8,10,14,16,20,22,25-26,28-29,31-32,53,57H,6-7,9,11-13,15,17-19,21,23-24,27,30,33-52H2,1-5H3/b10-8-,16-14-,22-20-,26-25-,29-28-,32-31-. The first-order valence-electron chi connectivity index (χ1n) is 26.6. The number of carbonyl (C=O) groups is 3. The molecule has 0 aliphatic carbocycles. The van der Waals surface area contributed by atoms with Crippen molar-refractivity contribution in [1.29, 1.82) is 0 Å². The molecule has 0 N–H and O–H groups in total. The number of esters is 2. The number of ether oxygens (including phenoxy) is 4. The Kier molecular flexibility index (Phi) is 45.8. The molecule has 0 spiro atoms. The summed E-state index contributed by atoms with van der Waals surface area (Å²) < 4.78 is 22.6. The molecule has 0 saturated heterocycles. The van der Waals surface area contributed by atoms with Crippen LogP contribution in [0.3, 0.4) is 0 Å². The van der Waals surface area contributed by atoms with Crippen molar-refractivity contribution in [3.05, 3.63) is 72.9 Å². The quantitative estimate of drug-likeness (QED) is 0.0195. The SMILES string of the molecule is CC/C=C\C/C=C\C/C=C\C/C=C\C/C=C\C/C=C\CCCCCCCCC(=O)OC(COC(=O)CCCCCCCCCCCCCCCCCC)COC(OCC[N+](C)(C)C)C(=O)[O-]. The van der Waals surface area contributed by atoms with E-state index >= 15 is 0 Å². The summed E-state index contributed by atoms with van der Waals surface area (Å²) in [6.07, 6.45) is 57.9. The fourth-order valence-corrected chi connectivity index (χ4v) is 7.13. The lowest BCUT2D eigenvalue weighted by Crippen LogP contribution is -2.44. The molecule has 2 atom stereocenters. The van der Waals surface area contributed by atoms with Crippen molar-refractivity contribution >= 4 is 17.9 Å². The van der Waals surface area contributed by atoms with Crippen LogP contribution in [0.1, 0.15) is 213 Å². The third-order valence-electron chi connectivity index (χ3n) is 11.2. The van der Waals surface area contributed by atoms with Gasteiger partial charge in [-0.2, -0.15) is 0 Å². The predicted octanol–water partition coefficient (Wildman–Crippen LogP) is 13.7. The van der Waals surface area contributed by atoms with Crippen LogP contribution in [0.25, 0.3) is 0 Å². The maximum absolute atomic E-state index is 12.8. The molecule has 0 rings (SSSR count). The number of nitrogens with zero attached hydrogens (tertiary/aromatic N) is 1. The highest BCUT2D eigenvalue weighted by Crippen LogP contribution is 2.15. The Bertz CT molecular complexity index is 1310. The molecule has 0 fully saturated rings. The van der Waals surface area contributed by atoms with Crippen molar-refractivity contribution in [3.8, 4) is 0 Å². The maximum Gasteiger partial charge on any atom is 0.306 e. The fourth-order valence-electron chi connectivity index (χ4n) is 7.13. The molecule has 0 bridgehead atoms. The molecule has 0 radical (unpaired) electrons. The summed E-state index contributed by atoms with van der Waals surface area (Å²) in [5.41, 5.74) is 0. The molecule has 0 amide bonds. The second-order valence-electron chi connectivity index (χ2n) is 18.8. The summed E-state index contributed by atoms with van der Waals surface area (Å²) in [5, 5.41) is 11.7. The van der Waals surface area contributed by atoms with Crippen LogP contribution in [-0.2, 0) is 33.3 Å². The summed E-state index contributed by atoms with van der Waals surface area (Å²) in [6, 6.07) is 0. The van der Waals surface area contributed by atoms with Crippen LogP contribution in [0.5, 0.6) is 0 Å². The van der Waals surface area contributed by atoms with Crippen molar-refractivity contribution in [2.45, 2.75) is 225 Å². The van der Waals surface area contributed by atoms with Gasteiger partial charge in [-0.05, 0) is 64.2 Å². The van der Waals surface area contributed by atoms with Crippen molar-refractivity contribution < 1.29 is 42.9 Å². The highest BCUT2D eigenvalue weighted by atomic mass is 16.7. The Morgan fingerprint density at radius 1 is 0.470 bits per heavy atom. The molecule has 380 valence electrons. The number of allylic oxidation sites excluding steroid dienone is 12. The second-order valence-corrected chi connectivity index (χ2v) is 18.8. The molecule has 0 heterocycles. The number of hydrogen-bond acceptors (Lipinski definition) is 8. The van der Waals surface area contributed by atoms with Gasteiger partial charge in [-0.25, -0.2) is 0 Å². The minimum absolute atomic E-state index is 0.142. The summed E-state index contributed by atoms with van der Waals surface area (Å²) in [5.74, 6) is -2.30. The first-order valence-corrected chi connectivity index (χ1v) is 26.6. The summed E-state index contributed by atoms with van der Waals surface area (Å²) in [6.45, 7) is 4.62.